The van der Waals surface area contributed by atoms with Crippen molar-refractivity contribution in [2.75, 3.05) is 17.9 Å². The second-order valence-electron chi connectivity index (χ2n) is 8.15. The number of benzene rings is 3. The van der Waals surface area contributed by atoms with Crippen molar-refractivity contribution < 1.29 is 22.7 Å². The van der Waals surface area contributed by atoms with Crippen molar-refractivity contribution in [3.05, 3.63) is 82.9 Å². The van der Waals surface area contributed by atoms with Crippen LogP contribution in [0.2, 0.25) is 5.02 Å². The lowest BCUT2D eigenvalue weighted by Gasteiger charge is -2.26. The summed E-state index contributed by atoms with van der Waals surface area (Å²) in [6.07, 6.45) is 2.89. The lowest BCUT2D eigenvalue weighted by molar-refractivity contribution is -0.123. The van der Waals surface area contributed by atoms with Gasteiger partial charge in [0.2, 0.25) is 0 Å². The molecule has 2 N–H and O–H groups in total. The molecule has 7 nitrogen and oxygen atoms in total. The van der Waals surface area contributed by atoms with Gasteiger partial charge in [-0.3, -0.25) is 9.52 Å². The maximum atomic E-state index is 12.8. The Hall–Kier alpha value is -3.23. The molecule has 0 spiro atoms. The number of sulfonamides is 1. The standard InChI is InChI=1S/C26H27ClN2O5S/c1-2-33-20-12-10-19(11-13-20)29-35(31,32)21-14-15-25(23(27)16-21)34-17-26(30)28-24-9-5-7-18-6-3-4-8-22(18)24/h3-4,6,8,10-16,24,29H,2,5,7,9,17H2,1H3,(H,28,30)/t24-/m1/s1. The van der Waals surface area contributed by atoms with Crippen LogP contribution in [0.15, 0.2) is 71.6 Å². The van der Waals surface area contributed by atoms with Crippen LogP contribution in [0, 0.1) is 0 Å². The number of nitrogens with one attached hydrogen (secondary N) is 2. The monoisotopic (exact) mass is 514 g/mol. The number of anilines is 1. The van der Waals surface area contributed by atoms with Crippen molar-refractivity contribution >= 4 is 33.2 Å². The number of halogens is 1. The Kier molecular flexibility index (Phi) is 7.83. The predicted molar refractivity (Wildman–Crippen MR) is 136 cm³/mol. The van der Waals surface area contributed by atoms with Crippen molar-refractivity contribution in [1.82, 2.24) is 5.32 Å². The van der Waals surface area contributed by atoms with E-state index in [1.165, 1.54) is 23.8 Å². The number of fused-ring (bicyclic) bond motifs is 1. The summed E-state index contributed by atoms with van der Waals surface area (Å²) in [5, 5.41) is 3.11. The van der Waals surface area contributed by atoms with Crippen LogP contribution in [0.5, 0.6) is 11.5 Å². The summed E-state index contributed by atoms with van der Waals surface area (Å²) in [7, 11) is -3.87. The zero-order valence-electron chi connectivity index (χ0n) is 19.3. The van der Waals surface area contributed by atoms with Gasteiger partial charge in [-0.25, -0.2) is 8.42 Å². The minimum Gasteiger partial charge on any atom is -0.494 e. The average Bonchev–Trinajstić information content (AvgIpc) is 2.85. The number of rotatable bonds is 9. The number of carbonyl (C=O) groups excluding carboxylic acids is 1. The van der Waals surface area contributed by atoms with Gasteiger partial charge in [-0.2, -0.15) is 0 Å². The van der Waals surface area contributed by atoms with Crippen LogP contribution in [0.25, 0.3) is 0 Å². The van der Waals surface area contributed by atoms with E-state index in [0.717, 1.165) is 24.8 Å². The Morgan fingerprint density at radius 3 is 2.57 bits per heavy atom. The molecule has 0 fully saturated rings. The van der Waals surface area contributed by atoms with Crippen LogP contribution in [-0.4, -0.2) is 27.5 Å². The Labute approximate surface area is 210 Å². The number of ether oxygens (including phenoxy) is 2. The molecule has 184 valence electrons. The molecular weight excluding hydrogens is 488 g/mol. The van der Waals surface area contributed by atoms with E-state index in [4.69, 9.17) is 21.1 Å². The van der Waals surface area contributed by atoms with Gasteiger partial charge in [0.15, 0.2) is 6.61 Å². The highest BCUT2D eigenvalue weighted by Crippen LogP contribution is 2.30. The topological polar surface area (TPSA) is 93.7 Å². The average molecular weight is 515 g/mol. The van der Waals surface area contributed by atoms with Gasteiger partial charge in [0.05, 0.1) is 22.6 Å². The molecule has 3 aromatic carbocycles. The van der Waals surface area contributed by atoms with Gasteiger partial charge in [-0.1, -0.05) is 35.9 Å². The van der Waals surface area contributed by atoms with Crippen LogP contribution in [-0.2, 0) is 21.2 Å². The molecule has 1 atom stereocenters. The van der Waals surface area contributed by atoms with Crippen molar-refractivity contribution in [3.63, 3.8) is 0 Å². The van der Waals surface area contributed by atoms with Gasteiger partial charge in [0.1, 0.15) is 11.5 Å². The second kappa shape index (κ2) is 11.0. The quantitative estimate of drug-likeness (QED) is 0.414. The molecule has 4 rings (SSSR count). The largest absolute Gasteiger partial charge is 0.494 e. The number of hydrogen-bond acceptors (Lipinski definition) is 5. The zero-order chi connectivity index (χ0) is 24.8. The summed E-state index contributed by atoms with van der Waals surface area (Å²) in [5.41, 5.74) is 2.79. The molecule has 0 radical (unpaired) electrons. The van der Waals surface area contributed by atoms with Crippen molar-refractivity contribution in [2.24, 2.45) is 0 Å². The fraction of sp³-hybridized carbons (Fsp3) is 0.269. The van der Waals surface area contributed by atoms with Crippen molar-refractivity contribution in [2.45, 2.75) is 37.1 Å². The maximum Gasteiger partial charge on any atom is 0.261 e. The fourth-order valence-electron chi connectivity index (χ4n) is 4.05. The van der Waals surface area contributed by atoms with Crippen LogP contribution in [0.3, 0.4) is 0 Å². The molecule has 0 aromatic heterocycles. The molecule has 1 amide bonds. The van der Waals surface area contributed by atoms with Crippen LogP contribution in [0.4, 0.5) is 5.69 Å². The van der Waals surface area contributed by atoms with E-state index in [1.807, 2.05) is 25.1 Å². The molecular formula is C26H27ClN2O5S. The molecule has 1 aliphatic carbocycles. The summed E-state index contributed by atoms with van der Waals surface area (Å²) >= 11 is 6.27. The number of aryl methyl sites for hydroxylation is 1. The van der Waals surface area contributed by atoms with Crippen molar-refractivity contribution in [3.8, 4) is 11.5 Å². The summed E-state index contributed by atoms with van der Waals surface area (Å²) < 4.78 is 39.0. The smallest absolute Gasteiger partial charge is 0.261 e. The predicted octanol–water partition coefficient (Wildman–Crippen LogP) is 5.11. The first-order chi connectivity index (χ1) is 16.9. The highest BCUT2D eigenvalue weighted by atomic mass is 35.5. The van der Waals surface area contributed by atoms with Gasteiger partial charge < -0.3 is 14.8 Å². The first kappa shape index (κ1) is 24.9. The van der Waals surface area contributed by atoms with Gasteiger partial charge in [0, 0.05) is 5.69 Å². The third-order valence-corrected chi connectivity index (χ3v) is 7.37. The summed E-state index contributed by atoms with van der Waals surface area (Å²) in [6.45, 7) is 2.17. The highest BCUT2D eigenvalue weighted by Gasteiger charge is 2.22. The van der Waals surface area contributed by atoms with Crippen molar-refractivity contribution in [1.29, 1.82) is 0 Å². The van der Waals surface area contributed by atoms with Crippen LogP contribution in [0.1, 0.15) is 36.9 Å². The zero-order valence-corrected chi connectivity index (χ0v) is 20.9. The third-order valence-electron chi connectivity index (χ3n) is 5.69. The lowest BCUT2D eigenvalue weighted by Crippen LogP contribution is -2.34. The van der Waals surface area contributed by atoms with Gasteiger partial charge in [-0.05, 0) is 79.8 Å². The van der Waals surface area contributed by atoms with E-state index in [0.29, 0.717) is 18.0 Å². The Bertz CT molecular complexity index is 1300. The van der Waals surface area contributed by atoms with Gasteiger partial charge in [-0.15, -0.1) is 0 Å². The maximum absolute atomic E-state index is 12.8. The van der Waals surface area contributed by atoms with E-state index < -0.39 is 10.0 Å². The summed E-state index contributed by atoms with van der Waals surface area (Å²) in [4.78, 5) is 12.5. The molecule has 0 bridgehead atoms. The van der Waals surface area contributed by atoms with Crippen LogP contribution < -0.4 is 19.5 Å². The molecule has 9 heteroatoms. The summed E-state index contributed by atoms with van der Waals surface area (Å²) in [6, 6.07) is 18.8. The fourth-order valence-corrected chi connectivity index (χ4v) is 5.43. The van der Waals surface area contributed by atoms with E-state index in [-0.39, 0.29) is 34.2 Å². The molecule has 0 heterocycles. The minimum atomic E-state index is -3.87. The van der Waals surface area contributed by atoms with E-state index >= 15 is 0 Å². The molecule has 0 aliphatic heterocycles. The normalized spacial score (nSPS) is 15.1. The molecule has 0 saturated carbocycles. The molecule has 35 heavy (non-hydrogen) atoms. The SMILES string of the molecule is CCOc1ccc(NS(=O)(=O)c2ccc(OCC(=O)N[C@@H]3CCCc4ccccc43)c(Cl)c2)cc1. The minimum absolute atomic E-state index is 0.0213. The molecule has 0 unspecified atom stereocenters. The Morgan fingerprint density at radius 1 is 1.06 bits per heavy atom. The molecule has 3 aromatic rings. The first-order valence-corrected chi connectivity index (χ1v) is 13.3. The van der Waals surface area contributed by atoms with Gasteiger partial charge in [0.25, 0.3) is 15.9 Å². The number of carbonyl (C=O) groups is 1. The van der Waals surface area contributed by atoms with Gasteiger partial charge >= 0.3 is 0 Å². The second-order valence-corrected chi connectivity index (χ2v) is 10.2. The molecule has 0 saturated heterocycles. The Balaban J connectivity index is 1.36. The summed E-state index contributed by atoms with van der Waals surface area (Å²) in [5.74, 6) is 0.610. The third kappa shape index (κ3) is 6.26. The molecule has 1 aliphatic rings. The highest BCUT2D eigenvalue weighted by molar-refractivity contribution is 7.92. The number of amides is 1. The number of hydrogen-bond donors (Lipinski definition) is 2. The van der Waals surface area contributed by atoms with E-state index in [1.54, 1.807) is 24.3 Å². The van der Waals surface area contributed by atoms with E-state index in [2.05, 4.69) is 16.1 Å². The lowest BCUT2D eigenvalue weighted by atomic mass is 9.88. The first-order valence-electron chi connectivity index (χ1n) is 11.4. The van der Waals surface area contributed by atoms with Crippen LogP contribution >= 0.6 is 11.6 Å². The Morgan fingerprint density at radius 2 is 1.83 bits per heavy atom. The van der Waals surface area contributed by atoms with E-state index in [9.17, 15) is 13.2 Å².